The van der Waals surface area contributed by atoms with E-state index in [0.29, 0.717) is 35.3 Å². The molecule has 0 aliphatic rings. The highest BCUT2D eigenvalue weighted by atomic mass is 28.3. The Bertz CT molecular complexity index is 327. The molecule has 0 saturated carbocycles. The Balaban J connectivity index is 5.25. The molecule has 7 heteroatoms. The van der Waals surface area contributed by atoms with Gasteiger partial charge in [-0.1, -0.05) is 15.5 Å². The Kier molecular flexibility index (Phi) is 6.95. The van der Waals surface area contributed by atoms with Crippen molar-refractivity contribution in [2.45, 2.75) is 38.9 Å². The summed E-state index contributed by atoms with van der Waals surface area (Å²) in [6.45, 7) is 9.02. The zero-order valence-electron chi connectivity index (χ0n) is 11.1. The molecule has 0 amide bonds. The first-order valence-corrected chi connectivity index (χ1v) is 8.29. The summed E-state index contributed by atoms with van der Waals surface area (Å²) in [5.41, 5.74) is 3.64. The van der Waals surface area contributed by atoms with Crippen molar-refractivity contribution in [2.24, 2.45) is 15.5 Å². The van der Waals surface area contributed by atoms with Crippen molar-refractivity contribution in [1.82, 2.24) is 0 Å². The first kappa shape index (κ1) is 16.4. The average Bonchev–Trinajstić information content (AvgIpc) is 2.37. The topological polar surface area (TPSA) is 97.8 Å². The minimum absolute atomic E-state index is 0.576. The average molecular weight is 271 g/mol. The van der Waals surface area contributed by atoms with Gasteiger partial charge in [-0.3, -0.25) is 0 Å². The highest BCUT2D eigenvalue weighted by molar-refractivity contribution is 6.91. The summed E-state index contributed by atoms with van der Waals surface area (Å²) in [5.74, 6) is 0. The van der Waals surface area contributed by atoms with Gasteiger partial charge in [-0.15, -0.1) is 12.3 Å². The third-order valence-electron chi connectivity index (χ3n) is 2.77. The third-order valence-corrected chi connectivity index (χ3v) is 7.28. The summed E-state index contributed by atoms with van der Waals surface area (Å²) in [7, 11) is -2.13. The maximum absolute atomic E-state index is 8.79. The molecule has 0 aliphatic heterocycles. The van der Waals surface area contributed by atoms with Gasteiger partial charge >= 0.3 is 0 Å². The molecule has 0 bridgehead atoms. The summed E-state index contributed by atoms with van der Waals surface area (Å²) >= 11 is 0. The Hall–Kier alpha value is -1.63. The lowest BCUT2D eigenvalue weighted by molar-refractivity contribution is 0.318. The molecule has 0 aliphatic carbocycles. The van der Waals surface area contributed by atoms with Gasteiger partial charge in [0.2, 0.25) is 0 Å². The van der Waals surface area contributed by atoms with E-state index in [9.17, 15) is 0 Å². The lowest BCUT2D eigenvalue weighted by Gasteiger charge is -2.27. The van der Waals surface area contributed by atoms with Crippen LogP contribution in [0.15, 0.2) is 27.7 Å². The van der Waals surface area contributed by atoms with E-state index in [1.165, 1.54) is 0 Å². The highest BCUT2D eigenvalue weighted by Crippen LogP contribution is 2.25. The highest BCUT2D eigenvalue weighted by Gasteiger charge is 2.32. The summed E-state index contributed by atoms with van der Waals surface area (Å²) in [5, 5.41) is 35.9. The van der Waals surface area contributed by atoms with E-state index in [2.05, 4.69) is 22.0 Å². The van der Waals surface area contributed by atoms with Crippen molar-refractivity contribution in [1.29, 1.82) is 0 Å². The van der Waals surface area contributed by atoms with Crippen LogP contribution < -0.4 is 0 Å². The molecular formula is C11H21N3O3Si. The van der Waals surface area contributed by atoms with Gasteiger partial charge in [-0.05, 0) is 38.9 Å². The van der Waals surface area contributed by atoms with Crippen molar-refractivity contribution >= 4 is 25.2 Å². The van der Waals surface area contributed by atoms with Crippen molar-refractivity contribution in [3.8, 4) is 0 Å². The predicted molar refractivity (Wildman–Crippen MR) is 75.1 cm³/mol. The fourth-order valence-electron chi connectivity index (χ4n) is 2.04. The minimum Gasteiger partial charge on any atom is -0.411 e. The van der Waals surface area contributed by atoms with Crippen molar-refractivity contribution in [3.63, 3.8) is 0 Å². The second-order valence-electron chi connectivity index (χ2n) is 4.60. The zero-order valence-corrected chi connectivity index (χ0v) is 12.1. The summed E-state index contributed by atoms with van der Waals surface area (Å²) < 4.78 is 0. The Morgan fingerprint density at radius 2 is 1.17 bits per heavy atom. The largest absolute Gasteiger partial charge is 0.411 e. The Morgan fingerprint density at radius 3 is 1.33 bits per heavy atom. The minimum atomic E-state index is -2.13. The van der Waals surface area contributed by atoms with E-state index >= 15 is 0 Å². The standard InChI is InChI=1S/C11H21N3O3Si/c1-5-18(6-9(2)12-15,7-10(3)13-16)8-11(4)14-17/h5,15-17H,1,6-8H2,2-4H3/b12-9+,13-10+,14-11+. The van der Waals surface area contributed by atoms with Crippen LogP contribution in [0.3, 0.4) is 0 Å². The maximum atomic E-state index is 8.79. The number of hydrogen-bond donors (Lipinski definition) is 3. The second kappa shape index (κ2) is 7.65. The summed E-state index contributed by atoms with van der Waals surface area (Å²) in [4.78, 5) is 0. The summed E-state index contributed by atoms with van der Waals surface area (Å²) in [6, 6.07) is 1.73. The Labute approximate surface area is 108 Å². The monoisotopic (exact) mass is 271 g/mol. The first-order valence-electron chi connectivity index (χ1n) is 5.59. The molecule has 0 saturated heterocycles. The van der Waals surface area contributed by atoms with E-state index in [1.54, 1.807) is 20.8 Å². The van der Waals surface area contributed by atoms with Crippen molar-refractivity contribution < 1.29 is 15.6 Å². The van der Waals surface area contributed by atoms with E-state index in [-0.39, 0.29) is 0 Å². The lowest BCUT2D eigenvalue weighted by Crippen LogP contribution is -2.38. The molecule has 0 aromatic carbocycles. The van der Waals surface area contributed by atoms with Gasteiger partial charge in [-0.2, -0.15) is 0 Å². The molecular weight excluding hydrogens is 250 g/mol. The van der Waals surface area contributed by atoms with E-state index in [0.717, 1.165) is 0 Å². The number of oxime groups is 3. The van der Waals surface area contributed by atoms with Gasteiger partial charge in [-0.25, -0.2) is 0 Å². The van der Waals surface area contributed by atoms with Gasteiger partial charge in [0.25, 0.3) is 0 Å². The third kappa shape index (κ3) is 5.13. The van der Waals surface area contributed by atoms with Gasteiger partial charge in [0.05, 0.1) is 25.2 Å². The molecule has 0 heterocycles. The van der Waals surface area contributed by atoms with Crippen LogP contribution in [0.4, 0.5) is 0 Å². The molecule has 6 nitrogen and oxygen atoms in total. The SMILES string of the molecule is C=C[Si](C/C(C)=N/O)(C/C(C)=N/O)C/C(C)=N/O. The molecule has 0 aromatic heterocycles. The molecule has 18 heavy (non-hydrogen) atoms. The van der Waals surface area contributed by atoms with Crippen LogP contribution >= 0.6 is 0 Å². The number of rotatable bonds is 7. The molecule has 0 radical (unpaired) electrons. The summed E-state index contributed by atoms with van der Waals surface area (Å²) in [6.07, 6.45) is 0. The van der Waals surface area contributed by atoms with E-state index in [4.69, 9.17) is 15.6 Å². The first-order chi connectivity index (χ1) is 8.42. The predicted octanol–water partition coefficient (Wildman–Crippen LogP) is 2.71. The van der Waals surface area contributed by atoms with Crippen LogP contribution in [0.1, 0.15) is 20.8 Å². The molecule has 0 rings (SSSR count). The van der Waals surface area contributed by atoms with Crippen LogP contribution in [-0.2, 0) is 0 Å². The quantitative estimate of drug-likeness (QED) is 0.287. The van der Waals surface area contributed by atoms with Crippen molar-refractivity contribution in [3.05, 3.63) is 12.3 Å². The molecule has 3 N–H and O–H groups in total. The van der Waals surface area contributed by atoms with Gasteiger partial charge < -0.3 is 15.6 Å². The van der Waals surface area contributed by atoms with Crippen LogP contribution in [0, 0.1) is 0 Å². The van der Waals surface area contributed by atoms with Crippen LogP contribution in [0.2, 0.25) is 18.1 Å². The fraction of sp³-hybridized carbons (Fsp3) is 0.545. The maximum Gasteiger partial charge on any atom is 0.0940 e. The molecule has 0 unspecified atom stereocenters. The van der Waals surface area contributed by atoms with E-state index < -0.39 is 8.07 Å². The fourth-order valence-corrected chi connectivity index (χ4v) is 6.12. The van der Waals surface area contributed by atoms with Crippen LogP contribution in [-0.4, -0.2) is 40.8 Å². The molecule has 0 aromatic rings. The number of hydrogen-bond acceptors (Lipinski definition) is 6. The van der Waals surface area contributed by atoms with Crippen LogP contribution in [0.5, 0.6) is 0 Å². The van der Waals surface area contributed by atoms with Gasteiger partial charge in [0.1, 0.15) is 0 Å². The normalized spacial score (nSPS) is 14.7. The van der Waals surface area contributed by atoms with E-state index in [1.807, 2.05) is 5.70 Å². The lowest BCUT2D eigenvalue weighted by atomic mass is 10.5. The number of nitrogens with zero attached hydrogens (tertiary/aromatic N) is 3. The second-order valence-corrected chi connectivity index (χ2v) is 8.80. The molecule has 102 valence electrons. The molecule has 0 spiro atoms. The van der Waals surface area contributed by atoms with Gasteiger partial charge in [0.15, 0.2) is 0 Å². The smallest absolute Gasteiger partial charge is 0.0940 e. The molecule has 0 fully saturated rings. The molecule has 0 atom stereocenters. The Morgan fingerprint density at radius 1 is 0.889 bits per heavy atom. The van der Waals surface area contributed by atoms with Crippen LogP contribution in [0.25, 0.3) is 0 Å². The van der Waals surface area contributed by atoms with Crippen molar-refractivity contribution in [2.75, 3.05) is 0 Å². The zero-order chi connectivity index (χ0) is 14.2. The van der Waals surface area contributed by atoms with Gasteiger partial charge in [0, 0.05) is 0 Å².